The first-order valence-corrected chi connectivity index (χ1v) is 13.1. The van der Waals surface area contributed by atoms with Crippen molar-refractivity contribution >= 4 is 43.1 Å². The maximum atomic E-state index is 2.71. The first kappa shape index (κ1) is 20.9. The summed E-state index contributed by atoms with van der Waals surface area (Å²) in [5.41, 5.74) is 2.98. The van der Waals surface area contributed by atoms with Crippen LogP contribution in [0.1, 0.15) is 103 Å². The summed E-state index contributed by atoms with van der Waals surface area (Å²) in [6.45, 7) is 4.61. The maximum absolute atomic E-state index is 2.71. The monoisotopic (exact) mass is 403 g/mol. The zero-order valence-corrected chi connectivity index (χ0v) is 19.0. The van der Waals surface area contributed by atoms with E-state index < -0.39 is 0 Å². The molecule has 0 fully saturated rings. The fraction of sp³-hybridized carbons (Fsp3) is 0.667. The molecule has 0 saturated carbocycles. The number of hydrogen-bond acceptors (Lipinski definition) is 2. The largest absolute Gasteiger partial charge is 0.336 e. The highest BCUT2D eigenvalue weighted by molar-refractivity contribution is 7.25. The van der Waals surface area contributed by atoms with Crippen LogP contribution in [0.2, 0.25) is 0 Å². The van der Waals surface area contributed by atoms with E-state index in [2.05, 4.69) is 41.3 Å². The zero-order chi connectivity index (χ0) is 18.9. The Labute approximate surface area is 173 Å². The number of thiophene rings is 2. The minimum absolute atomic E-state index is 0.682. The van der Waals surface area contributed by atoms with Crippen LogP contribution in [-0.4, -0.2) is 4.57 Å². The highest BCUT2D eigenvalue weighted by Gasteiger charge is 2.19. The Morgan fingerprint density at radius 2 is 1.11 bits per heavy atom. The summed E-state index contributed by atoms with van der Waals surface area (Å²) in [5, 5.41) is 4.56. The van der Waals surface area contributed by atoms with E-state index >= 15 is 0 Å². The van der Waals surface area contributed by atoms with Crippen molar-refractivity contribution in [1.29, 1.82) is 0 Å². The van der Waals surface area contributed by atoms with Crippen molar-refractivity contribution in [3.8, 4) is 0 Å². The van der Waals surface area contributed by atoms with Gasteiger partial charge in [-0.05, 0) is 35.7 Å². The van der Waals surface area contributed by atoms with E-state index in [-0.39, 0.29) is 0 Å². The van der Waals surface area contributed by atoms with Gasteiger partial charge in [-0.1, -0.05) is 84.5 Å². The molecule has 0 aromatic carbocycles. The van der Waals surface area contributed by atoms with Crippen molar-refractivity contribution < 1.29 is 0 Å². The van der Waals surface area contributed by atoms with Gasteiger partial charge in [0.2, 0.25) is 0 Å². The van der Waals surface area contributed by atoms with Gasteiger partial charge in [0, 0.05) is 6.04 Å². The third kappa shape index (κ3) is 5.38. The standard InChI is InChI=1S/C24H37NS2/c1-3-5-7-9-10-11-13-15-20(14-12-8-6-4-2)25-21-16-18-26-23(21)24-22(25)17-19-27-24/h16-20H,3-15H2,1-2H3. The maximum Gasteiger partial charge on any atom is 0.0700 e. The van der Waals surface area contributed by atoms with Gasteiger partial charge < -0.3 is 4.57 Å². The molecule has 0 N–H and O–H groups in total. The second-order valence-electron chi connectivity index (χ2n) is 8.05. The predicted molar refractivity (Wildman–Crippen MR) is 126 cm³/mol. The number of hydrogen-bond donors (Lipinski definition) is 0. The van der Waals surface area contributed by atoms with Gasteiger partial charge in [0.15, 0.2) is 0 Å². The molecule has 0 aliphatic heterocycles. The molecule has 3 rings (SSSR count). The number of aromatic nitrogens is 1. The Hall–Kier alpha value is -0.800. The van der Waals surface area contributed by atoms with Crippen molar-refractivity contribution in [2.24, 2.45) is 0 Å². The van der Waals surface area contributed by atoms with E-state index in [0.717, 1.165) is 0 Å². The second kappa shape index (κ2) is 11.3. The van der Waals surface area contributed by atoms with Gasteiger partial charge in [0.05, 0.1) is 20.4 Å². The first-order chi connectivity index (χ1) is 13.4. The average Bonchev–Trinajstić information content (AvgIpc) is 3.37. The van der Waals surface area contributed by atoms with Gasteiger partial charge in [-0.15, -0.1) is 22.7 Å². The SMILES string of the molecule is CCCCCCCCCC(CCCCCC)n1c2ccsc2c2sccc21. The van der Waals surface area contributed by atoms with Gasteiger partial charge in [0.25, 0.3) is 0 Å². The van der Waals surface area contributed by atoms with Crippen molar-refractivity contribution in [3.05, 3.63) is 22.9 Å². The summed E-state index contributed by atoms with van der Waals surface area (Å²) in [5.74, 6) is 0. The van der Waals surface area contributed by atoms with Crippen molar-refractivity contribution in [3.63, 3.8) is 0 Å². The van der Waals surface area contributed by atoms with Crippen LogP contribution < -0.4 is 0 Å². The minimum atomic E-state index is 0.682. The number of rotatable bonds is 14. The molecule has 3 aromatic rings. The molecular formula is C24H37NS2. The topological polar surface area (TPSA) is 4.93 Å². The van der Waals surface area contributed by atoms with Gasteiger partial charge in [-0.2, -0.15) is 0 Å². The Morgan fingerprint density at radius 3 is 1.63 bits per heavy atom. The molecule has 0 aliphatic carbocycles. The molecular weight excluding hydrogens is 366 g/mol. The van der Waals surface area contributed by atoms with Crippen LogP contribution in [0.4, 0.5) is 0 Å². The van der Waals surface area contributed by atoms with E-state index in [1.807, 2.05) is 22.7 Å². The van der Waals surface area contributed by atoms with Crippen molar-refractivity contribution in [2.75, 3.05) is 0 Å². The Morgan fingerprint density at radius 1 is 0.667 bits per heavy atom. The molecule has 0 saturated heterocycles. The number of nitrogens with zero attached hydrogens (tertiary/aromatic N) is 1. The minimum Gasteiger partial charge on any atom is -0.336 e. The van der Waals surface area contributed by atoms with E-state index in [4.69, 9.17) is 0 Å². The lowest BCUT2D eigenvalue weighted by Crippen LogP contribution is -2.09. The van der Waals surface area contributed by atoms with Crippen molar-refractivity contribution in [2.45, 2.75) is 103 Å². The first-order valence-electron chi connectivity index (χ1n) is 11.3. The summed E-state index contributed by atoms with van der Waals surface area (Å²) >= 11 is 3.84. The summed E-state index contributed by atoms with van der Waals surface area (Å²) in [6.07, 6.45) is 18.0. The Bertz CT molecular complexity index is 731. The van der Waals surface area contributed by atoms with E-state index in [0.29, 0.717) is 6.04 Å². The second-order valence-corrected chi connectivity index (χ2v) is 9.89. The molecule has 1 nitrogen and oxygen atoms in total. The van der Waals surface area contributed by atoms with E-state index in [1.54, 1.807) is 0 Å². The van der Waals surface area contributed by atoms with Crippen LogP contribution in [0, 0.1) is 0 Å². The smallest absolute Gasteiger partial charge is 0.0700 e. The predicted octanol–water partition coefficient (Wildman–Crippen LogP) is 9.57. The quantitative estimate of drug-likeness (QED) is 0.236. The lowest BCUT2D eigenvalue weighted by molar-refractivity contribution is 0.411. The van der Waals surface area contributed by atoms with E-state index in [9.17, 15) is 0 Å². The summed E-state index contributed by atoms with van der Waals surface area (Å²) in [7, 11) is 0. The Kier molecular flexibility index (Phi) is 8.73. The lowest BCUT2D eigenvalue weighted by atomic mass is 10.00. The molecule has 150 valence electrons. The van der Waals surface area contributed by atoms with E-state index in [1.165, 1.54) is 104 Å². The van der Waals surface area contributed by atoms with Crippen molar-refractivity contribution in [1.82, 2.24) is 4.57 Å². The number of fused-ring (bicyclic) bond motifs is 3. The van der Waals surface area contributed by atoms with Gasteiger partial charge >= 0.3 is 0 Å². The number of unbranched alkanes of at least 4 members (excludes halogenated alkanes) is 9. The molecule has 1 unspecified atom stereocenters. The molecule has 0 radical (unpaired) electrons. The van der Waals surface area contributed by atoms with Gasteiger partial charge in [-0.25, -0.2) is 0 Å². The molecule has 1 atom stereocenters. The fourth-order valence-corrected chi connectivity index (χ4v) is 6.35. The molecule has 0 aliphatic rings. The third-order valence-electron chi connectivity index (χ3n) is 5.91. The van der Waals surface area contributed by atoms with Crippen LogP contribution in [0.25, 0.3) is 20.4 Å². The van der Waals surface area contributed by atoms with Gasteiger partial charge in [-0.3, -0.25) is 0 Å². The molecule has 0 amide bonds. The molecule has 27 heavy (non-hydrogen) atoms. The van der Waals surface area contributed by atoms with Crippen LogP contribution in [-0.2, 0) is 0 Å². The molecule has 3 heteroatoms. The average molecular weight is 404 g/mol. The summed E-state index contributed by atoms with van der Waals surface area (Å²) in [4.78, 5) is 0. The fourth-order valence-electron chi connectivity index (χ4n) is 4.39. The highest BCUT2D eigenvalue weighted by atomic mass is 32.1. The van der Waals surface area contributed by atoms with Crippen LogP contribution in [0.5, 0.6) is 0 Å². The van der Waals surface area contributed by atoms with Crippen LogP contribution in [0.3, 0.4) is 0 Å². The third-order valence-corrected chi connectivity index (χ3v) is 7.88. The lowest BCUT2D eigenvalue weighted by Gasteiger charge is -2.21. The molecule has 0 spiro atoms. The zero-order valence-electron chi connectivity index (χ0n) is 17.3. The Balaban J connectivity index is 1.66. The highest BCUT2D eigenvalue weighted by Crippen LogP contribution is 2.40. The molecule has 3 aromatic heterocycles. The van der Waals surface area contributed by atoms with Gasteiger partial charge in [0.1, 0.15) is 0 Å². The normalized spacial score (nSPS) is 13.1. The van der Waals surface area contributed by atoms with Crippen LogP contribution >= 0.6 is 22.7 Å². The van der Waals surface area contributed by atoms with Crippen LogP contribution in [0.15, 0.2) is 22.9 Å². The molecule has 0 bridgehead atoms. The summed E-state index contributed by atoms with van der Waals surface area (Å²) in [6, 6.07) is 5.40. The summed E-state index contributed by atoms with van der Waals surface area (Å²) < 4.78 is 5.73. The molecule has 3 heterocycles.